The Bertz CT molecular complexity index is 670. The first-order valence-electron chi connectivity index (χ1n) is 6.43. The first-order valence-corrected chi connectivity index (χ1v) is 7.60. The summed E-state index contributed by atoms with van der Waals surface area (Å²) in [6.07, 6.45) is 0. The lowest BCUT2D eigenvalue weighted by atomic mass is 10.3. The van der Waals surface area contributed by atoms with Crippen molar-refractivity contribution in [3.05, 3.63) is 57.8 Å². The van der Waals surface area contributed by atoms with Gasteiger partial charge in [-0.25, -0.2) is 9.18 Å². The van der Waals surface area contributed by atoms with E-state index in [0.29, 0.717) is 11.4 Å². The monoisotopic (exact) mass is 386 g/mol. The van der Waals surface area contributed by atoms with Crippen LogP contribution in [0.15, 0.2) is 46.9 Å². The summed E-state index contributed by atoms with van der Waals surface area (Å²) < 4.78 is 19.0. The van der Waals surface area contributed by atoms with Crippen LogP contribution in [0.3, 0.4) is 0 Å². The third kappa shape index (κ3) is 4.89. The van der Waals surface area contributed by atoms with Gasteiger partial charge >= 0.3 is 6.03 Å². The van der Waals surface area contributed by atoms with Crippen LogP contribution < -0.4 is 15.4 Å². The highest BCUT2D eigenvalue weighted by molar-refractivity contribution is 9.10. The molecule has 0 heterocycles. The van der Waals surface area contributed by atoms with E-state index in [1.54, 1.807) is 6.07 Å². The van der Waals surface area contributed by atoms with Gasteiger partial charge in [0.15, 0.2) is 0 Å². The minimum atomic E-state index is -0.428. The second kappa shape index (κ2) is 8.00. The van der Waals surface area contributed by atoms with Crippen LogP contribution in [0.25, 0.3) is 0 Å². The van der Waals surface area contributed by atoms with E-state index in [4.69, 9.17) is 16.3 Å². The summed E-state index contributed by atoms with van der Waals surface area (Å²) in [5, 5.41) is 5.54. The number of para-hydroxylation sites is 1. The molecule has 0 bridgehead atoms. The molecule has 2 amide bonds. The molecule has 2 aromatic carbocycles. The minimum Gasteiger partial charge on any atom is -0.490 e. The lowest BCUT2D eigenvalue weighted by Crippen LogP contribution is -2.32. The summed E-state index contributed by atoms with van der Waals surface area (Å²) >= 11 is 9.16. The van der Waals surface area contributed by atoms with Crippen molar-refractivity contribution in [3.8, 4) is 5.75 Å². The molecule has 0 atom stereocenters. The summed E-state index contributed by atoms with van der Waals surface area (Å²) in [5.41, 5.74) is 0.669. The molecule has 0 aliphatic rings. The number of benzene rings is 2. The summed E-state index contributed by atoms with van der Waals surface area (Å²) in [4.78, 5) is 11.7. The fourth-order valence-electron chi connectivity index (χ4n) is 1.65. The number of nitrogens with one attached hydrogen (secondary N) is 2. The van der Waals surface area contributed by atoms with E-state index in [2.05, 4.69) is 26.6 Å². The maximum Gasteiger partial charge on any atom is 0.319 e. The van der Waals surface area contributed by atoms with Gasteiger partial charge in [-0.2, -0.15) is 0 Å². The van der Waals surface area contributed by atoms with Crippen molar-refractivity contribution in [2.45, 2.75) is 0 Å². The van der Waals surface area contributed by atoms with Crippen molar-refractivity contribution < 1.29 is 13.9 Å². The lowest BCUT2D eigenvalue weighted by Gasteiger charge is -2.10. The number of urea groups is 1. The molecule has 2 aromatic rings. The summed E-state index contributed by atoms with van der Waals surface area (Å²) in [6, 6.07) is 10.8. The van der Waals surface area contributed by atoms with Crippen LogP contribution in [0, 0.1) is 5.82 Å². The van der Waals surface area contributed by atoms with E-state index >= 15 is 0 Å². The first kappa shape index (κ1) is 16.6. The van der Waals surface area contributed by atoms with Gasteiger partial charge in [0.2, 0.25) is 0 Å². The Kier molecular flexibility index (Phi) is 6.03. The number of amides is 2. The molecule has 0 aliphatic heterocycles. The zero-order valence-electron chi connectivity index (χ0n) is 11.4. The number of rotatable bonds is 5. The van der Waals surface area contributed by atoms with Gasteiger partial charge in [-0.15, -0.1) is 0 Å². The van der Waals surface area contributed by atoms with Crippen molar-refractivity contribution in [3.63, 3.8) is 0 Å². The number of carbonyl (C=O) groups excluding carboxylic acids is 1. The highest BCUT2D eigenvalue weighted by Crippen LogP contribution is 2.24. The van der Waals surface area contributed by atoms with Crippen LogP contribution in [-0.2, 0) is 0 Å². The molecule has 0 aromatic heterocycles. The largest absolute Gasteiger partial charge is 0.490 e. The summed E-state index contributed by atoms with van der Waals surface area (Å²) in [7, 11) is 0. The van der Waals surface area contributed by atoms with Crippen molar-refractivity contribution in [1.82, 2.24) is 5.32 Å². The number of hydrogen-bond donors (Lipinski definition) is 2. The van der Waals surface area contributed by atoms with Gasteiger partial charge in [-0.1, -0.05) is 23.7 Å². The van der Waals surface area contributed by atoms with Crippen molar-refractivity contribution >= 4 is 39.2 Å². The minimum absolute atomic E-state index is 0.192. The maximum absolute atomic E-state index is 12.9. The summed E-state index contributed by atoms with van der Waals surface area (Å²) in [6.45, 7) is 0.499. The Hall–Kier alpha value is -1.79. The number of hydrogen-bond acceptors (Lipinski definition) is 2. The lowest BCUT2D eigenvalue weighted by molar-refractivity contribution is 0.247. The zero-order chi connectivity index (χ0) is 15.9. The molecule has 2 rings (SSSR count). The molecule has 0 saturated heterocycles. The molecule has 0 aliphatic carbocycles. The van der Waals surface area contributed by atoms with E-state index in [1.807, 2.05) is 18.2 Å². The van der Waals surface area contributed by atoms with Crippen LogP contribution in [0.4, 0.5) is 14.9 Å². The maximum atomic E-state index is 12.9. The average molecular weight is 388 g/mol. The molecule has 116 valence electrons. The summed E-state index contributed by atoms with van der Waals surface area (Å²) in [5.74, 6) is -0.0561. The van der Waals surface area contributed by atoms with Crippen molar-refractivity contribution in [1.29, 1.82) is 0 Å². The molecule has 0 spiro atoms. The van der Waals surface area contributed by atoms with Crippen molar-refractivity contribution in [2.75, 3.05) is 18.5 Å². The highest BCUT2D eigenvalue weighted by atomic mass is 79.9. The Labute approximate surface area is 140 Å². The van der Waals surface area contributed by atoms with E-state index < -0.39 is 5.82 Å². The van der Waals surface area contributed by atoms with Gasteiger partial charge in [0, 0.05) is 4.47 Å². The van der Waals surface area contributed by atoms with Gasteiger partial charge in [-0.05, 0) is 46.3 Å². The third-order valence-corrected chi connectivity index (χ3v) is 3.65. The van der Waals surface area contributed by atoms with Crippen LogP contribution in [-0.4, -0.2) is 19.2 Å². The molecular formula is C15H13BrClFN2O2. The number of ether oxygens (including phenoxy) is 1. The van der Waals surface area contributed by atoms with Gasteiger partial charge < -0.3 is 15.4 Å². The van der Waals surface area contributed by atoms with Gasteiger partial charge in [0.25, 0.3) is 0 Å². The van der Waals surface area contributed by atoms with Crippen molar-refractivity contribution in [2.24, 2.45) is 0 Å². The van der Waals surface area contributed by atoms with Crippen LogP contribution in [0.1, 0.15) is 0 Å². The predicted molar refractivity (Wildman–Crippen MR) is 88.1 cm³/mol. The molecule has 0 fully saturated rings. The van der Waals surface area contributed by atoms with E-state index in [9.17, 15) is 9.18 Å². The highest BCUT2D eigenvalue weighted by Gasteiger charge is 2.05. The standard InChI is InChI=1S/C15H13BrClFN2O2/c16-11-3-1-2-4-13(11)20-15(21)19-7-8-22-14-6-5-10(18)9-12(14)17/h1-6,9H,7-8H2,(H2,19,20,21). The molecular weight excluding hydrogens is 375 g/mol. The first-order chi connectivity index (χ1) is 10.6. The molecule has 0 unspecified atom stereocenters. The molecule has 2 N–H and O–H groups in total. The Morgan fingerprint density at radius 1 is 1.27 bits per heavy atom. The van der Waals surface area contributed by atoms with E-state index in [1.165, 1.54) is 18.2 Å². The molecule has 7 heteroatoms. The number of carbonyl (C=O) groups is 1. The van der Waals surface area contributed by atoms with Gasteiger partial charge in [0.05, 0.1) is 17.3 Å². The molecule has 4 nitrogen and oxygen atoms in total. The topological polar surface area (TPSA) is 50.4 Å². The fourth-order valence-corrected chi connectivity index (χ4v) is 2.25. The Balaban J connectivity index is 1.74. The van der Waals surface area contributed by atoms with Crippen LogP contribution >= 0.6 is 27.5 Å². The smallest absolute Gasteiger partial charge is 0.319 e. The second-order valence-corrected chi connectivity index (χ2v) is 5.55. The van der Waals surface area contributed by atoms with Crippen LogP contribution in [0.2, 0.25) is 5.02 Å². The third-order valence-electron chi connectivity index (χ3n) is 2.66. The number of anilines is 1. The fraction of sp³-hybridized carbons (Fsp3) is 0.133. The van der Waals surface area contributed by atoms with E-state index in [0.717, 1.165) is 4.47 Å². The van der Waals surface area contributed by atoms with Gasteiger partial charge in [0.1, 0.15) is 18.2 Å². The molecule has 0 saturated carbocycles. The Morgan fingerprint density at radius 3 is 2.77 bits per heavy atom. The van der Waals surface area contributed by atoms with E-state index in [-0.39, 0.29) is 24.2 Å². The predicted octanol–water partition coefficient (Wildman–Crippen LogP) is 4.44. The zero-order valence-corrected chi connectivity index (χ0v) is 13.7. The average Bonchev–Trinajstić information content (AvgIpc) is 2.48. The Morgan fingerprint density at radius 2 is 2.05 bits per heavy atom. The second-order valence-electron chi connectivity index (χ2n) is 4.28. The van der Waals surface area contributed by atoms with Crippen LogP contribution in [0.5, 0.6) is 5.75 Å². The molecule has 0 radical (unpaired) electrons. The van der Waals surface area contributed by atoms with Gasteiger partial charge in [-0.3, -0.25) is 0 Å². The quantitative estimate of drug-likeness (QED) is 0.745. The molecule has 22 heavy (non-hydrogen) atoms. The normalized spacial score (nSPS) is 10.1. The SMILES string of the molecule is O=C(NCCOc1ccc(F)cc1Cl)Nc1ccccc1Br. The number of halogens is 3.